The van der Waals surface area contributed by atoms with E-state index in [1.165, 1.54) is 0 Å². The number of carbonyl (C=O) groups is 2. The monoisotopic (exact) mass is 367 g/mol. The smallest absolute Gasteiger partial charge is 0.319 e. The fraction of sp³-hybridized carbons (Fsp3) is 0.333. The quantitative estimate of drug-likeness (QED) is 0.792. The summed E-state index contributed by atoms with van der Waals surface area (Å²) in [5, 5.41) is 5.76. The average molecular weight is 367 g/mol. The maximum atomic E-state index is 12.2. The van der Waals surface area contributed by atoms with E-state index in [0.29, 0.717) is 31.3 Å². The van der Waals surface area contributed by atoms with Crippen LogP contribution in [0.25, 0.3) is 6.08 Å². The van der Waals surface area contributed by atoms with Crippen molar-refractivity contribution >= 4 is 23.7 Å². The molecule has 1 aliphatic rings. The van der Waals surface area contributed by atoms with Crippen molar-refractivity contribution in [3.05, 3.63) is 60.1 Å². The van der Waals surface area contributed by atoms with E-state index in [1.54, 1.807) is 24.5 Å². The van der Waals surface area contributed by atoms with Gasteiger partial charge in [-0.2, -0.15) is 0 Å². The van der Waals surface area contributed by atoms with Crippen molar-refractivity contribution in [2.75, 3.05) is 25.0 Å². The molecule has 2 aromatic rings. The first kappa shape index (κ1) is 18.8. The largest absolute Gasteiger partial charge is 0.465 e. The van der Waals surface area contributed by atoms with Gasteiger partial charge in [-0.25, -0.2) is 4.79 Å². The van der Waals surface area contributed by atoms with Gasteiger partial charge >= 0.3 is 6.03 Å². The van der Waals surface area contributed by atoms with Gasteiger partial charge < -0.3 is 20.0 Å². The molecule has 0 saturated carbocycles. The molecule has 142 valence electrons. The number of amides is 3. The number of benzene rings is 1. The first-order valence-electron chi connectivity index (χ1n) is 9.22. The third-order valence-electron chi connectivity index (χ3n) is 4.72. The highest BCUT2D eigenvalue weighted by molar-refractivity contribution is 5.91. The van der Waals surface area contributed by atoms with E-state index in [1.807, 2.05) is 42.2 Å². The van der Waals surface area contributed by atoms with Crippen LogP contribution in [0, 0.1) is 12.8 Å². The number of nitrogens with one attached hydrogen (secondary N) is 2. The van der Waals surface area contributed by atoms with Gasteiger partial charge in [-0.1, -0.05) is 17.7 Å². The second-order valence-corrected chi connectivity index (χ2v) is 6.82. The molecule has 1 aromatic heterocycles. The Balaban J connectivity index is 1.37. The van der Waals surface area contributed by atoms with Crippen molar-refractivity contribution < 1.29 is 14.0 Å². The van der Waals surface area contributed by atoms with E-state index < -0.39 is 0 Å². The van der Waals surface area contributed by atoms with Crippen LogP contribution in [0.2, 0.25) is 0 Å². The molecular weight excluding hydrogens is 342 g/mol. The average Bonchev–Trinajstić information content (AvgIpc) is 3.20. The van der Waals surface area contributed by atoms with Gasteiger partial charge in [0.15, 0.2) is 0 Å². The Kier molecular flexibility index (Phi) is 6.30. The number of urea groups is 1. The number of aryl methyl sites for hydroxylation is 1. The van der Waals surface area contributed by atoms with Gasteiger partial charge in [0.25, 0.3) is 0 Å². The Morgan fingerprint density at radius 1 is 1.19 bits per heavy atom. The lowest BCUT2D eigenvalue weighted by atomic mass is 9.97. The van der Waals surface area contributed by atoms with E-state index >= 15 is 0 Å². The zero-order chi connectivity index (χ0) is 19.1. The lowest BCUT2D eigenvalue weighted by molar-refractivity contribution is -0.127. The summed E-state index contributed by atoms with van der Waals surface area (Å²) in [6.07, 6.45) is 6.58. The minimum absolute atomic E-state index is 0.00470. The Hall–Kier alpha value is -3.02. The van der Waals surface area contributed by atoms with Gasteiger partial charge in [0, 0.05) is 31.4 Å². The number of likely N-dealkylation sites (tertiary alicyclic amines) is 1. The molecule has 27 heavy (non-hydrogen) atoms. The predicted octanol–water partition coefficient (Wildman–Crippen LogP) is 3.66. The Labute approximate surface area is 159 Å². The van der Waals surface area contributed by atoms with E-state index in [4.69, 9.17) is 4.42 Å². The van der Waals surface area contributed by atoms with E-state index in [2.05, 4.69) is 10.6 Å². The summed E-state index contributed by atoms with van der Waals surface area (Å²) >= 11 is 0. The van der Waals surface area contributed by atoms with Crippen molar-refractivity contribution in [3.8, 4) is 0 Å². The molecular formula is C21H25N3O3. The zero-order valence-electron chi connectivity index (χ0n) is 15.5. The molecule has 3 rings (SSSR count). The zero-order valence-corrected chi connectivity index (χ0v) is 15.5. The lowest BCUT2D eigenvalue weighted by Gasteiger charge is -2.31. The molecule has 1 fully saturated rings. The van der Waals surface area contributed by atoms with Gasteiger partial charge in [-0.15, -0.1) is 0 Å². The second-order valence-electron chi connectivity index (χ2n) is 6.82. The molecule has 0 radical (unpaired) electrons. The highest BCUT2D eigenvalue weighted by atomic mass is 16.3. The van der Waals surface area contributed by atoms with Crippen LogP contribution in [0.3, 0.4) is 0 Å². The van der Waals surface area contributed by atoms with Crippen LogP contribution >= 0.6 is 0 Å². The number of piperidine rings is 1. The van der Waals surface area contributed by atoms with E-state index in [-0.39, 0.29) is 11.9 Å². The van der Waals surface area contributed by atoms with Gasteiger partial charge in [-0.3, -0.25) is 4.79 Å². The van der Waals surface area contributed by atoms with Crippen molar-refractivity contribution in [3.63, 3.8) is 0 Å². The Morgan fingerprint density at radius 2 is 1.93 bits per heavy atom. The Bertz CT molecular complexity index is 774. The third-order valence-corrected chi connectivity index (χ3v) is 4.72. The van der Waals surface area contributed by atoms with Crippen molar-refractivity contribution in [1.29, 1.82) is 0 Å². The molecule has 0 bridgehead atoms. The number of anilines is 1. The van der Waals surface area contributed by atoms with Crippen molar-refractivity contribution in [1.82, 2.24) is 10.2 Å². The van der Waals surface area contributed by atoms with Crippen LogP contribution in [0.4, 0.5) is 10.5 Å². The summed E-state index contributed by atoms with van der Waals surface area (Å²) in [5.74, 6) is 1.05. The summed E-state index contributed by atoms with van der Waals surface area (Å²) in [6.45, 7) is 4.02. The minimum atomic E-state index is -0.196. The molecule has 3 amide bonds. The van der Waals surface area contributed by atoms with Gasteiger partial charge in [-0.05, 0) is 56.0 Å². The van der Waals surface area contributed by atoms with Crippen LogP contribution in [-0.4, -0.2) is 36.5 Å². The number of furan rings is 1. The maximum absolute atomic E-state index is 12.2. The first-order valence-corrected chi connectivity index (χ1v) is 9.22. The molecule has 2 heterocycles. The number of nitrogens with zero attached hydrogens (tertiary/aromatic N) is 1. The minimum Gasteiger partial charge on any atom is -0.465 e. The SMILES string of the molecule is Cc1ccc(NC(=O)NCC2CCN(C(=O)/C=C/c3ccco3)CC2)cc1. The lowest BCUT2D eigenvalue weighted by Crippen LogP contribution is -2.41. The molecule has 1 saturated heterocycles. The topological polar surface area (TPSA) is 74.6 Å². The summed E-state index contributed by atoms with van der Waals surface area (Å²) in [5.41, 5.74) is 1.93. The fourth-order valence-corrected chi connectivity index (χ4v) is 3.05. The van der Waals surface area contributed by atoms with Gasteiger partial charge in [0.1, 0.15) is 5.76 Å². The summed E-state index contributed by atoms with van der Waals surface area (Å²) in [7, 11) is 0. The molecule has 6 nitrogen and oxygen atoms in total. The fourth-order valence-electron chi connectivity index (χ4n) is 3.05. The van der Waals surface area contributed by atoms with E-state index in [0.717, 1.165) is 24.1 Å². The van der Waals surface area contributed by atoms with Gasteiger partial charge in [0.05, 0.1) is 6.26 Å². The number of carbonyl (C=O) groups excluding carboxylic acids is 2. The van der Waals surface area contributed by atoms with Crippen LogP contribution < -0.4 is 10.6 Å². The predicted molar refractivity (Wildman–Crippen MR) is 105 cm³/mol. The highest BCUT2D eigenvalue weighted by Gasteiger charge is 2.21. The molecule has 1 aromatic carbocycles. The summed E-state index contributed by atoms with van der Waals surface area (Å²) in [4.78, 5) is 26.1. The van der Waals surface area contributed by atoms with Crippen molar-refractivity contribution in [2.45, 2.75) is 19.8 Å². The van der Waals surface area contributed by atoms with E-state index in [9.17, 15) is 9.59 Å². The molecule has 6 heteroatoms. The van der Waals surface area contributed by atoms with Crippen LogP contribution in [0.1, 0.15) is 24.2 Å². The maximum Gasteiger partial charge on any atom is 0.319 e. The third kappa shape index (κ3) is 5.74. The van der Waals surface area contributed by atoms with Crippen LogP contribution in [0.15, 0.2) is 53.2 Å². The summed E-state index contributed by atoms with van der Waals surface area (Å²) < 4.78 is 5.19. The Morgan fingerprint density at radius 3 is 2.59 bits per heavy atom. The molecule has 0 atom stereocenters. The van der Waals surface area contributed by atoms with Gasteiger partial charge in [0.2, 0.25) is 5.91 Å². The molecule has 1 aliphatic heterocycles. The normalized spacial score (nSPS) is 15.1. The number of hydrogen-bond acceptors (Lipinski definition) is 3. The summed E-state index contributed by atoms with van der Waals surface area (Å²) in [6, 6.07) is 11.1. The highest BCUT2D eigenvalue weighted by Crippen LogP contribution is 2.17. The molecule has 0 aliphatic carbocycles. The number of rotatable bonds is 5. The number of hydrogen-bond donors (Lipinski definition) is 2. The molecule has 0 spiro atoms. The standard InChI is InChI=1S/C21H25N3O3/c1-16-4-6-18(7-5-16)23-21(26)22-15-17-10-12-24(13-11-17)20(25)9-8-19-3-2-14-27-19/h2-9,14,17H,10-13,15H2,1H3,(H2,22,23,26)/b9-8+. The molecule has 0 unspecified atom stereocenters. The molecule has 2 N–H and O–H groups in total. The second kappa shape index (κ2) is 9.07. The van der Waals surface area contributed by atoms with Crippen LogP contribution in [0.5, 0.6) is 0 Å². The first-order chi connectivity index (χ1) is 13.1. The van der Waals surface area contributed by atoms with Crippen molar-refractivity contribution in [2.24, 2.45) is 5.92 Å². The van der Waals surface area contributed by atoms with Crippen LogP contribution in [-0.2, 0) is 4.79 Å².